The molecule has 1 heterocycles. The molecule has 0 spiro atoms. The zero-order valence-electron chi connectivity index (χ0n) is 10.3. The molecule has 0 atom stereocenters. The molecule has 0 bridgehead atoms. The van der Waals surface area contributed by atoms with Crippen LogP contribution in [0.5, 0.6) is 0 Å². The van der Waals surface area contributed by atoms with Gasteiger partial charge >= 0.3 is 12.1 Å². The molecule has 0 unspecified atom stereocenters. The Kier molecular flexibility index (Phi) is 3.45. The molecule has 1 aromatic heterocycles. The van der Waals surface area contributed by atoms with Crippen LogP contribution in [-0.2, 0) is 4.74 Å². The Bertz CT molecular complexity index is 431. The third kappa shape index (κ3) is 3.51. The molecule has 0 aliphatic heterocycles. The van der Waals surface area contributed by atoms with Crippen LogP contribution in [0.3, 0.4) is 0 Å². The molecular formula is C11H16N2O4. The normalized spacial score (nSPS) is 11.1. The van der Waals surface area contributed by atoms with Crippen molar-refractivity contribution in [1.29, 1.82) is 0 Å². The van der Waals surface area contributed by atoms with E-state index in [-0.39, 0.29) is 5.69 Å². The number of hydrogen-bond acceptors (Lipinski definition) is 3. The van der Waals surface area contributed by atoms with Crippen molar-refractivity contribution >= 4 is 17.7 Å². The Balaban J connectivity index is 2.78. The van der Waals surface area contributed by atoms with Crippen LogP contribution in [0.15, 0.2) is 12.3 Å². The third-order valence-corrected chi connectivity index (χ3v) is 1.95. The minimum Gasteiger partial charge on any atom is -0.477 e. The number of carbonyl (C=O) groups is 2. The fourth-order valence-electron chi connectivity index (χ4n) is 1.14. The smallest absolute Gasteiger partial charge is 0.414 e. The molecule has 6 nitrogen and oxygen atoms in total. The first-order chi connectivity index (χ1) is 7.70. The number of ether oxygens (including phenoxy) is 1. The van der Waals surface area contributed by atoms with Crippen molar-refractivity contribution in [2.75, 3.05) is 11.9 Å². The lowest BCUT2D eigenvalue weighted by molar-refractivity contribution is 0.0588. The molecule has 0 aromatic carbocycles. The number of H-pyrrole nitrogens is 1. The van der Waals surface area contributed by atoms with E-state index in [4.69, 9.17) is 9.84 Å². The van der Waals surface area contributed by atoms with E-state index in [1.54, 1.807) is 20.8 Å². The number of carboxylic acid groups (broad SMARTS) is 1. The van der Waals surface area contributed by atoms with Crippen molar-refractivity contribution in [2.24, 2.45) is 0 Å². The Morgan fingerprint density at radius 3 is 2.41 bits per heavy atom. The maximum Gasteiger partial charge on any atom is 0.414 e. The Morgan fingerprint density at radius 1 is 1.41 bits per heavy atom. The van der Waals surface area contributed by atoms with E-state index in [0.717, 1.165) is 0 Å². The molecule has 94 valence electrons. The number of hydrogen-bond donors (Lipinski definition) is 2. The number of carboxylic acids is 1. The van der Waals surface area contributed by atoms with Crippen LogP contribution >= 0.6 is 0 Å². The summed E-state index contributed by atoms with van der Waals surface area (Å²) in [6, 6.07) is 1.37. The van der Waals surface area contributed by atoms with Crippen LogP contribution in [-0.4, -0.2) is 34.8 Å². The molecule has 0 aliphatic carbocycles. The van der Waals surface area contributed by atoms with Crippen LogP contribution in [0.4, 0.5) is 10.5 Å². The van der Waals surface area contributed by atoms with Gasteiger partial charge < -0.3 is 14.8 Å². The Labute approximate surface area is 99.2 Å². The summed E-state index contributed by atoms with van der Waals surface area (Å²) in [7, 11) is 1.52. The SMILES string of the molecule is CN(C(=O)OC(C)(C)C)c1c[nH]c(C(=O)O)c1. The number of anilines is 1. The zero-order chi connectivity index (χ0) is 13.2. The van der Waals surface area contributed by atoms with Gasteiger partial charge in [-0.3, -0.25) is 4.90 Å². The number of rotatable bonds is 2. The van der Waals surface area contributed by atoms with Gasteiger partial charge in [-0.2, -0.15) is 0 Å². The number of aromatic carboxylic acids is 1. The predicted octanol–water partition coefficient (Wildman–Crippen LogP) is 2.08. The van der Waals surface area contributed by atoms with Crippen molar-refractivity contribution in [2.45, 2.75) is 26.4 Å². The first kappa shape index (κ1) is 13.1. The molecule has 0 fully saturated rings. The topological polar surface area (TPSA) is 82.6 Å². The Morgan fingerprint density at radius 2 is 2.00 bits per heavy atom. The summed E-state index contributed by atoms with van der Waals surface area (Å²) in [6.45, 7) is 5.29. The highest BCUT2D eigenvalue weighted by atomic mass is 16.6. The summed E-state index contributed by atoms with van der Waals surface area (Å²) < 4.78 is 5.15. The predicted molar refractivity (Wildman–Crippen MR) is 62.4 cm³/mol. The summed E-state index contributed by atoms with van der Waals surface area (Å²) >= 11 is 0. The van der Waals surface area contributed by atoms with Gasteiger partial charge in [0.15, 0.2) is 0 Å². The van der Waals surface area contributed by atoms with Crippen LogP contribution < -0.4 is 4.90 Å². The highest BCUT2D eigenvalue weighted by Gasteiger charge is 2.21. The van der Waals surface area contributed by atoms with Crippen LogP contribution in [0.2, 0.25) is 0 Å². The quantitative estimate of drug-likeness (QED) is 0.829. The second kappa shape index (κ2) is 4.48. The van der Waals surface area contributed by atoms with E-state index in [9.17, 15) is 9.59 Å². The number of carbonyl (C=O) groups excluding carboxylic acids is 1. The average molecular weight is 240 g/mol. The molecule has 1 aromatic rings. The first-order valence-electron chi connectivity index (χ1n) is 5.09. The number of amides is 1. The van der Waals surface area contributed by atoms with E-state index in [2.05, 4.69) is 4.98 Å². The molecule has 2 N–H and O–H groups in total. The average Bonchev–Trinajstić information content (AvgIpc) is 2.62. The zero-order valence-corrected chi connectivity index (χ0v) is 10.3. The van der Waals surface area contributed by atoms with Gasteiger partial charge in [-0.25, -0.2) is 9.59 Å². The Hall–Kier alpha value is -1.98. The number of aromatic amines is 1. The van der Waals surface area contributed by atoms with E-state index >= 15 is 0 Å². The van der Waals surface area contributed by atoms with Gasteiger partial charge in [0.05, 0.1) is 5.69 Å². The number of nitrogens with one attached hydrogen (secondary N) is 1. The van der Waals surface area contributed by atoms with Gasteiger partial charge in [-0.1, -0.05) is 0 Å². The fourth-order valence-corrected chi connectivity index (χ4v) is 1.14. The van der Waals surface area contributed by atoms with Crippen molar-refractivity contribution in [3.8, 4) is 0 Å². The van der Waals surface area contributed by atoms with Gasteiger partial charge in [-0.05, 0) is 26.8 Å². The van der Waals surface area contributed by atoms with Gasteiger partial charge in [0.2, 0.25) is 0 Å². The molecule has 0 saturated heterocycles. The summed E-state index contributed by atoms with van der Waals surface area (Å²) in [5.74, 6) is -1.08. The highest BCUT2D eigenvalue weighted by Crippen LogP contribution is 2.17. The second-order valence-corrected chi connectivity index (χ2v) is 4.62. The second-order valence-electron chi connectivity index (χ2n) is 4.62. The lowest BCUT2D eigenvalue weighted by Gasteiger charge is -2.23. The monoisotopic (exact) mass is 240 g/mol. The highest BCUT2D eigenvalue weighted by molar-refractivity contribution is 5.91. The van der Waals surface area contributed by atoms with Gasteiger partial charge in [0.1, 0.15) is 11.3 Å². The third-order valence-electron chi connectivity index (χ3n) is 1.95. The van der Waals surface area contributed by atoms with Crippen molar-refractivity contribution < 1.29 is 19.4 Å². The van der Waals surface area contributed by atoms with E-state index in [0.29, 0.717) is 5.69 Å². The fraction of sp³-hybridized carbons (Fsp3) is 0.455. The largest absolute Gasteiger partial charge is 0.477 e. The van der Waals surface area contributed by atoms with Crippen molar-refractivity contribution in [1.82, 2.24) is 4.98 Å². The van der Waals surface area contributed by atoms with Crippen LogP contribution in [0.25, 0.3) is 0 Å². The minimum atomic E-state index is -1.08. The summed E-state index contributed by atoms with van der Waals surface area (Å²) in [4.78, 5) is 26.1. The molecule has 0 radical (unpaired) electrons. The minimum absolute atomic E-state index is 0.0235. The lowest BCUT2D eigenvalue weighted by Crippen LogP contribution is -2.33. The molecule has 6 heteroatoms. The molecule has 17 heavy (non-hydrogen) atoms. The molecule has 1 rings (SSSR count). The van der Waals surface area contributed by atoms with Crippen LogP contribution in [0.1, 0.15) is 31.3 Å². The molecule has 0 saturated carbocycles. The maximum atomic E-state index is 11.7. The first-order valence-corrected chi connectivity index (χ1v) is 5.09. The molecular weight excluding hydrogens is 224 g/mol. The van der Waals surface area contributed by atoms with Gasteiger partial charge in [-0.15, -0.1) is 0 Å². The summed E-state index contributed by atoms with van der Waals surface area (Å²) in [5, 5.41) is 8.74. The van der Waals surface area contributed by atoms with E-state index in [1.165, 1.54) is 24.2 Å². The van der Waals surface area contributed by atoms with Gasteiger partial charge in [0.25, 0.3) is 0 Å². The van der Waals surface area contributed by atoms with Crippen LogP contribution in [0, 0.1) is 0 Å². The van der Waals surface area contributed by atoms with Crippen molar-refractivity contribution in [3.05, 3.63) is 18.0 Å². The summed E-state index contributed by atoms with van der Waals surface area (Å²) in [6.07, 6.45) is 0.904. The molecule has 0 aliphatic rings. The van der Waals surface area contributed by atoms with Gasteiger partial charge in [0, 0.05) is 13.2 Å². The maximum absolute atomic E-state index is 11.7. The number of aromatic nitrogens is 1. The van der Waals surface area contributed by atoms with E-state index in [1.807, 2.05) is 0 Å². The summed E-state index contributed by atoms with van der Waals surface area (Å²) in [5.41, 5.74) is -0.121. The molecule has 1 amide bonds. The van der Waals surface area contributed by atoms with Crippen molar-refractivity contribution in [3.63, 3.8) is 0 Å². The standard InChI is InChI=1S/C11H16N2O4/c1-11(2,3)17-10(16)13(4)7-5-8(9(14)15)12-6-7/h5-6,12H,1-4H3,(H,14,15). The van der Waals surface area contributed by atoms with E-state index < -0.39 is 17.7 Å². The number of nitrogens with zero attached hydrogens (tertiary/aromatic N) is 1. The lowest BCUT2D eigenvalue weighted by atomic mass is 10.2.